The summed E-state index contributed by atoms with van der Waals surface area (Å²) in [5.74, 6) is 0.894. The van der Waals surface area contributed by atoms with Gasteiger partial charge in [-0.1, -0.05) is 84.9 Å². The molecule has 0 fully saturated rings. The normalized spacial score (nSPS) is 10.7. The average Bonchev–Trinajstić information content (AvgIpc) is 2.67. The van der Waals surface area contributed by atoms with Gasteiger partial charge in [-0.3, -0.25) is 0 Å². The van der Waals surface area contributed by atoms with E-state index in [4.69, 9.17) is 4.74 Å². The Balaban J connectivity index is 2.11. The van der Waals surface area contributed by atoms with Gasteiger partial charge in [0.05, 0.1) is 7.11 Å². The van der Waals surface area contributed by atoms with Gasteiger partial charge in [-0.05, 0) is 28.0 Å². The lowest BCUT2D eigenvalue weighted by atomic mass is 9.89. The minimum atomic E-state index is 0.894. The Bertz CT molecular complexity index is 987. The van der Waals surface area contributed by atoms with Crippen LogP contribution in [0.2, 0.25) is 0 Å². The Kier molecular flexibility index (Phi) is 3.76. The summed E-state index contributed by atoms with van der Waals surface area (Å²) in [6, 6.07) is 31.7. The number of hydrogen-bond donors (Lipinski definition) is 0. The molecular weight excluding hydrogens is 292 g/mol. The first-order chi connectivity index (χ1) is 11.9. The van der Waals surface area contributed by atoms with Crippen molar-refractivity contribution in [2.75, 3.05) is 7.11 Å². The Morgan fingerprint density at radius 1 is 0.583 bits per heavy atom. The molecule has 0 aromatic heterocycles. The lowest BCUT2D eigenvalue weighted by Crippen LogP contribution is -1.92. The van der Waals surface area contributed by atoms with Crippen LogP contribution in [0.3, 0.4) is 0 Å². The summed E-state index contributed by atoms with van der Waals surface area (Å²) in [6.45, 7) is 0. The minimum Gasteiger partial charge on any atom is -0.496 e. The molecule has 116 valence electrons. The largest absolute Gasteiger partial charge is 0.496 e. The molecule has 0 spiro atoms. The first kappa shape index (κ1) is 14.5. The van der Waals surface area contributed by atoms with Gasteiger partial charge in [0.1, 0.15) is 5.75 Å². The highest BCUT2D eigenvalue weighted by atomic mass is 16.5. The second-order valence-corrected chi connectivity index (χ2v) is 5.78. The molecule has 4 aromatic carbocycles. The molecule has 0 bridgehead atoms. The molecule has 0 unspecified atom stereocenters. The first-order valence-corrected chi connectivity index (χ1v) is 8.09. The highest BCUT2D eigenvalue weighted by Crippen LogP contribution is 2.41. The van der Waals surface area contributed by atoms with Gasteiger partial charge in [-0.25, -0.2) is 0 Å². The predicted octanol–water partition coefficient (Wildman–Crippen LogP) is 6.18. The lowest BCUT2D eigenvalue weighted by Gasteiger charge is -2.16. The molecule has 1 nitrogen and oxygen atoms in total. The second kappa shape index (κ2) is 6.21. The summed E-state index contributed by atoms with van der Waals surface area (Å²) in [7, 11) is 1.73. The van der Waals surface area contributed by atoms with Crippen LogP contribution in [0.15, 0.2) is 91.0 Å². The van der Waals surface area contributed by atoms with Crippen LogP contribution in [0, 0.1) is 0 Å². The van der Waals surface area contributed by atoms with E-state index in [2.05, 4.69) is 72.8 Å². The van der Waals surface area contributed by atoms with Gasteiger partial charge in [0.15, 0.2) is 0 Å². The van der Waals surface area contributed by atoms with Gasteiger partial charge in [0, 0.05) is 11.1 Å². The standard InChI is InChI=1S/C23H18O/c1-24-22-14-8-7-13-21(22)23-19-12-6-5-11-18(19)15-16-20(23)17-9-3-2-4-10-17/h2-16H,1H3. The van der Waals surface area contributed by atoms with Crippen molar-refractivity contribution in [2.24, 2.45) is 0 Å². The van der Waals surface area contributed by atoms with E-state index < -0.39 is 0 Å². The van der Waals surface area contributed by atoms with Gasteiger partial charge in [-0.2, -0.15) is 0 Å². The lowest BCUT2D eigenvalue weighted by molar-refractivity contribution is 0.416. The smallest absolute Gasteiger partial charge is 0.126 e. The summed E-state index contributed by atoms with van der Waals surface area (Å²) in [5, 5.41) is 2.47. The molecule has 0 amide bonds. The molecular formula is C23H18O. The quantitative estimate of drug-likeness (QED) is 0.439. The fraction of sp³-hybridized carbons (Fsp3) is 0.0435. The van der Waals surface area contributed by atoms with Crippen molar-refractivity contribution in [1.29, 1.82) is 0 Å². The summed E-state index contributed by atoms with van der Waals surface area (Å²) in [4.78, 5) is 0. The van der Waals surface area contributed by atoms with Crippen LogP contribution in [0.4, 0.5) is 0 Å². The number of hydrogen-bond acceptors (Lipinski definition) is 1. The predicted molar refractivity (Wildman–Crippen MR) is 101 cm³/mol. The zero-order chi connectivity index (χ0) is 16.4. The van der Waals surface area contributed by atoms with E-state index in [1.807, 2.05) is 18.2 Å². The maximum atomic E-state index is 5.64. The van der Waals surface area contributed by atoms with Crippen LogP contribution in [0.5, 0.6) is 5.75 Å². The highest BCUT2D eigenvalue weighted by Gasteiger charge is 2.14. The van der Waals surface area contributed by atoms with Crippen LogP contribution < -0.4 is 4.74 Å². The molecule has 0 saturated heterocycles. The van der Waals surface area contributed by atoms with Crippen molar-refractivity contribution in [3.05, 3.63) is 91.0 Å². The molecule has 0 atom stereocenters. The van der Waals surface area contributed by atoms with Crippen molar-refractivity contribution in [1.82, 2.24) is 0 Å². The second-order valence-electron chi connectivity index (χ2n) is 5.78. The van der Waals surface area contributed by atoms with Crippen molar-refractivity contribution in [2.45, 2.75) is 0 Å². The number of methoxy groups -OCH3 is 1. The number of fused-ring (bicyclic) bond motifs is 1. The van der Waals surface area contributed by atoms with E-state index in [-0.39, 0.29) is 0 Å². The number of ether oxygens (including phenoxy) is 1. The van der Waals surface area contributed by atoms with E-state index in [1.165, 1.54) is 27.5 Å². The van der Waals surface area contributed by atoms with Crippen molar-refractivity contribution >= 4 is 10.8 Å². The van der Waals surface area contributed by atoms with Gasteiger partial charge >= 0.3 is 0 Å². The summed E-state index contributed by atoms with van der Waals surface area (Å²) in [6.07, 6.45) is 0. The van der Waals surface area contributed by atoms with Gasteiger partial charge in [0.25, 0.3) is 0 Å². The molecule has 0 saturated carbocycles. The van der Waals surface area contributed by atoms with E-state index in [0.717, 1.165) is 11.3 Å². The van der Waals surface area contributed by atoms with Gasteiger partial charge in [-0.15, -0.1) is 0 Å². The Hall–Kier alpha value is -3.06. The molecule has 0 heterocycles. The third-order valence-electron chi connectivity index (χ3n) is 4.39. The SMILES string of the molecule is COc1ccccc1-c1c(-c2ccccc2)ccc2ccccc12. The minimum absolute atomic E-state index is 0.894. The topological polar surface area (TPSA) is 9.23 Å². The Morgan fingerprint density at radius 2 is 1.29 bits per heavy atom. The van der Waals surface area contributed by atoms with E-state index in [0.29, 0.717) is 0 Å². The third kappa shape index (κ3) is 2.44. The summed E-state index contributed by atoms with van der Waals surface area (Å²) < 4.78 is 5.64. The molecule has 0 aliphatic rings. The average molecular weight is 310 g/mol. The molecule has 24 heavy (non-hydrogen) atoms. The molecule has 0 N–H and O–H groups in total. The van der Waals surface area contributed by atoms with E-state index in [9.17, 15) is 0 Å². The fourth-order valence-corrected chi connectivity index (χ4v) is 3.27. The van der Waals surface area contributed by atoms with E-state index >= 15 is 0 Å². The van der Waals surface area contributed by atoms with Gasteiger partial charge in [0.2, 0.25) is 0 Å². The number of para-hydroxylation sites is 1. The van der Waals surface area contributed by atoms with Gasteiger partial charge < -0.3 is 4.74 Å². The molecule has 0 aliphatic heterocycles. The maximum absolute atomic E-state index is 5.64. The zero-order valence-corrected chi connectivity index (χ0v) is 13.6. The van der Waals surface area contributed by atoms with Crippen molar-refractivity contribution < 1.29 is 4.74 Å². The summed E-state index contributed by atoms with van der Waals surface area (Å²) in [5.41, 5.74) is 4.77. The van der Waals surface area contributed by atoms with Crippen LogP contribution in [0.1, 0.15) is 0 Å². The molecule has 0 aliphatic carbocycles. The van der Waals surface area contributed by atoms with Crippen LogP contribution >= 0.6 is 0 Å². The van der Waals surface area contributed by atoms with Crippen LogP contribution in [0.25, 0.3) is 33.0 Å². The fourth-order valence-electron chi connectivity index (χ4n) is 3.27. The zero-order valence-electron chi connectivity index (χ0n) is 13.6. The van der Waals surface area contributed by atoms with Crippen LogP contribution in [-0.2, 0) is 0 Å². The summed E-state index contributed by atoms with van der Waals surface area (Å²) >= 11 is 0. The van der Waals surface area contributed by atoms with Crippen LogP contribution in [-0.4, -0.2) is 7.11 Å². The van der Waals surface area contributed by atoms with Crippen molar-refractivity contribution in [3.8, 4) is 28.0 Å². The third-order valence-corrected chi connectivity index (χ3v) is 4.39. The maximum Gasteiger partial charge on any atom is 0.126 e. The van der Waals surface area contributed by atoms with E-state index in [1.54, 1.807) is 7.11 Å². The molecule has 4 aromatic rings. The first-order valence-electron chi connectivity index (χ1n) is 8.09. The monoisotopic (exact) mass is 310 g/mol. The number of rotatable bonds is 3. The number of benzene rings is 4. The molecule has 4 rings (SSSR count). The highest BCUT2D eigenvalue weighted by molar-refractivity contribution is 6.05. The Labute approximate surface area is 142 Å². The molecule has 1 heteroatoms. The molecule has 0 radical (unpaired) electrons. The van der Waals surface area contributed by atoms with Crippen molar-refractivity contribution in [3.63, 3.8) is 0 Å². The Morgan fingerprint density at radius 3 is 2.12 bits per heavy atom.